The fourth-order valence-corrected chi connectivity index (χ4v) is 2.35. The van der Waals surface area contributed by atoms with Crippen molar-refractivity contribution in [1.82, 2.24) is 5.32 Å². The standard InChI is InChI=1S/C13H17FN2S/c1-3-13(9-17-2)16-8-11-6-12(14)5-4-10(11)7-15/h4-6,13,16H,3,8-9H2,1-2H3. The van der Waals surface area contributed by atoms with Crippen LogP contribution in [0.15, 0.2) is 18.2 Å². The molecule has 0 saturated carbocycles. The molecule has 0 fully saturated rings. The number of rotatable bonds is 6. The molecule has 1 unspecified atom stereocenters. The van der Waals surface area contributed by atoms with Crippen LogP contribution in [0.3, 0.4) is 0 Å². The molecule has 0 aliphatic heterocycles. The molecule has 2 nitrogen and oxygen atoms in total. The lowest BCUT2D eigenvalue weighted by atomic mass is 10.1. The summed E-state index contributed by atoms with van der Waals surface area (Å²) in [5.74, 6) is 0.729. The zero-order valence-electron chi connectivity index (χ0n) is 10.2. The van der Waals surface area contributed by atoms with Gasteiger partial charge in [0.05, 0.1) is 11.6 Å². The lowest BCUT2D eigenvalue weighted by Crippen LogP contribution is -2.30. The highest BCUT2D eigenvalue weighted by Gasteiger charge is 2.07. The second kappa shape index (κ2) is 7.31. The van der Waals surface area contributed by atoms with E-state index in [4.69, 9.17) is 5.26 Å². The van der Waals surface area contributed by atoms with Crippen molar-refractivity contribution in [3.8, 4) is 6.07 Å². The zero-order valence-corrected chi connectivity index (χ0v) is 11.0. The number of thioether (sulfide) groups is 1. The molecule has 1 N–H and O–H groups in total. The maximum atomic E-state index is 13.1. The van der Waals surface area contributed by atoms with Crippen molar-refractivity contribution in [3.63, 3.8) is 0 Å². The van der Waals surface area contributed by atoms with E-state index in [1.54, 1.807) is 11.8 Å². The van der Waals surface area contributed by atoms with Crippen molar-refractivity contribution in [2.24, 2.45) is 0 Å². The lowest BCUT2D eigenvalue weighted by Gasteiger charge is -2.16. The summed E-state index contributed by atoms with van der Waals surface area (Å²) in [7, 11) is 0. The largest absolute Gasteiger partial charge is 0.309 e. The average molecular weight is 252 g/mol. The molecule has 0 saturated heterocycles. The van der Waals surface area contributed by atoms with Crippen LogP contribution in [0.2, 0.25) is 0 Å². The summed E-state index contributed by atoms with van der Waals surface area (Å²) in [6.07, 6.45) is 3.09. The maximum Gasteiger partial charge on any atom is 0.123 e. The second-order valence-electron chi connectivity index (χ2n) is 3.85. The summed E-state index contributed by atoms with van der Waals surface area (Å²) < 4.78 is 13.1. The van der Waals surface area contributed by atoms with Gasteiger partial charge in [0, 0.05) is 18.3 Å². The molecule has 0 bridgehead atoms. The highest BCUT2D eigenvalue weighted by molar-refractivity contribution is 7.98. The molecule has 0 aliphatic carbocycles. The van der Waals surface area contributed by atoms with E-state index in [1.165, 1.54) is 18.2 Å². The monoisotopic (exact) mass is 252 g/mol. The van der Waals surface area contributed by atoms with E-state index in [2.05, 4.69) is 24.6 Å². The Morgan fingerprint density at radius 3 is 2.88 bits per heavy atom. The Bertz CT molecular complexity index is 401. The maximum absolute atomic E-state index is 13.1. The van der Waals surface area contributed by atoms with E-state index in [0.717, 1.165) is 17.7 Å². The van der Waals surface area contributed by atoms with Gasteiger partial charge in [0.2, 0.25) is 0 Å². The van der Waals surface area contributed by atoms with Gasteiger partial charge in [0.15, 0.2) is 0 Å². The molecule has 0 aliphatic rings. The summed E-state index contributed by atoms with van der Waals surface area (Å²) >= 11 is 1.78. The van der Waals surface area contributed by atoms with Gasteiger partial charge >= 0.3 is 0 Å². The van der Waals surface area contributed by atoms with Crippen molar-refractivity contribution < 1.29 is 4.39 Å². The first-order valence-electron chi connectivity index (χ1n) is 5.62. The van der Waals surface area contributed by atoms with E-state index in [9.17, 15) is 4.39 Å². The Balaban J connectivity index is 2.68. The van der Waals surface area contributed by atoms with Crippen LogP contribution in [0.4, 0.5) is 4.39 Å². The SMILES string of the molecule is CCC(CSC)NCc1cc(F)ccc1C#N. The summed E-state index contributed by atoms with van der Waals surface area (Å²) in [5.41, 5.74) is 1.27. The molecule has 1 aromatic carbocycles. The molecule has 1 rings (SSSR count). The summed E-state index contributed by atoms with van der Waals surface area (Å²) in [5, 5.41) is 12.3. The summed E-state index contributed by atoms with van der Waals surface area (Å²) in [6, 6.07) is 6.77. The first kappa shape index (κ1) is 14.0. The van der Waals surface area contributed by atoms with Crippen LogP contribution >= 0.6 is 11.8 Å². The van der Waals surface area contributed by atoms with E-state index in [0.29, 0.717) is 18.2 Å². The van der Waals surface area contributed by atoms with Crippen LogP contribution in [-0.2, 0) is 6.54 Å². The van der Waals surface area contributed by atoms with E-state index < -0.39 is 0 Å². The first-order chi connectivity index (χ1) is 8.21. The fraction of sp³-hybridized carbons (Fsp3) is 0.462. The molecule has 17 heavy (non-hydrogen) atoms. The molecule has 0 aromatic heterocycles. The highest BCUT2D eigenvalue weighted by Crippen LogP contribution is 2.11. The Morgan fingerprint density at radius 2 is 2.29 bits per heavy atom. The lowest BCUT2D eigenvalue weighted by molar-refractivity contribution is 0.538. The van der Waals surface area contributed by atoms with E-state index in [-0.39, 0.29) is 5.82 Å². The van der Waals surface area contributed by atoms with Gasteiger partial charge < -0.3 is 5.32 Å². The van der Waals surface area contributed by atoms with Gasteiger partial charge in [-0.15, -0.1) is 0 Å². The Hall–Kier alpha value is -1.05. The minimum atomic E-state index is -0.293. The van der Waals surface area contributed by atoms with Gasteiger partial charge in [-0.1, -0.05) is 6.92 Å². The summed E-state index contributed by atoms with van der Waals surface area (Å²) in [4.78, 5) is 0. The minimum absolute atomic E-state index is 0.293. The average Bonchev–Trinajstić information content (AvgIpc) is 2.34. The molecule has 0 amide bonds. The van der Waals surface area contributed by atoms with Gasteiger partial charge in [-0.2, -0.15) is 17.0 Å². The second-order valence-corrected chi connectivity index (χ2v) is 4.77. The number of nitriles is 1. The van der Waals surface area contributed by atoms with Crippen LogP contribution < -0.4 is 5.32 Å². The number of nitrogens with zero attached hydrogens (tertiary/aromatic N) is 1. The van der Waals surface area contributed by atoms with Crippen LogP contribution in [0, 0.1) is 17.1 Å². The van der Waals surface area contributed by atoms with Crippen LogP contribution in [-0.4, -0.2) is 18.1 Å². The number of nitrogens with one attached hydrogen (secondary N) is 1. The predicted octanol–water partition coefficient (Wildman–Crippen LogP) is 2.93. The number of hydrogen-bond acceptors (Lipinski definition) is 3. The minimum Gasteiger partial charge on any atom is -0.309 e. The molecule has 4 heteroatoms. The zero-order chi connectivity index (χ0) is 12.7. The molecule has 0 spiro atoms. The first-order valence-corrected chi connectivity index (χ1v) is 7.01. The third-order valence-electron chi connectivity index (χ3n) is 2.63. The Labute approximate surface area is 106 Å². The van der Waals surface area contributed by atoms with E-state index >= 15 is 0 Å². The van der Waals surface area contributed by atoms with Gasteiger partial charge in [0.25, 0.3) is 0 Å². The van der Waals surface area contributed by atoms with Crippen molar-refractivity contribution in [2.75, 3.05) is 12.0 Å². The normalized spacial score (nSPS) is 12.1. The number of hydrogen-bond donors (Lipinski definition) is 1. The fourth-order valence-electron chi connectivity index (χ4n) is 1.59. The quantitative estimate of drug-likeness (QED) is 0.845. The smallest absolute Gasteiger partial charge is 0.123 e. The molecule has 0 radical (unpaired) electrons. The van der Waals surface area contributed by atoms with Crippen LogP contribution in [0.1, 0.15) is 24.5 Å². The van der Waals surface area contributed by atoms with Crippen molar-refractivity contribution in [1.29, 1.82) is 5.26 Å². The van der Waals surface area contributed by atoms with E-state index in [1.807, 2.05) is 0 Å². The Morgan fingerprint density at radius 1 is 1.53 bits per heavy atom. The van der Waals surface area contributed by atoms with Crippen LogP contribution in [0.25, 0.3) is 0 Å². The van der Waals surface area contributed by atoms with Crippen LogP contribution in [0.5, 0.6) is 0 Å². The third-order valence-corrected chi connectivity index (χ3v) is 3.37. The van der Waals surface area contributed by atoms with Crippen molar-refractivity contribution >= 4 is 11.8 Å². The number of benzene rings is 1. The number of halogens is 1. The third kappa shape index (κ3) is 4.37. The topological polar surface area (TPSA) is 35.8 Å². The molecular weight excluding hydrogens is 235 g/mol. The van der Waals surface area contributed by atoms with Crippen molar-refractivity contribution in [3.05, 3.63) is 35.1 Å². The van der Waals surface area contributed by atoms with Gasteiger partial charge in [-0.05, 0) is 36.4 Å². The Kier molecular flexibility index (Phi) is 6.03. The highest BCUT2D eigenvalue weighted by atomic mass is 32.2. The van der Waals surface area contributed by atoms with Gasteiger partial charge in [-0.3, -0.25) is 0 Å². The molecule has 1 atom stereocenters. The predicted molar refractivity (Wildman–Crippen MR) is 70.4 cm³/mol. The van der Waals surface area contributed by atoms with Gasteiger partial charge in [0.1, 0.15) is 5.82 Å². The molecular formula is C13H17FN2S. The summed E-state index contributed by atoms with van der Waals surface area (Å²) in [6.45, 7) is 2.66. The molecule has 1 aromatic rings. The molecule has 0 heterocycles. The van der Waals surface area contributed by atoms with Crippen molar-refractivity contribution in [2.45, 2.75) is 25.9 Å². The van der Waals surface area contributed by atoms with Gasteiger partial charge in [-0.25, -0.2) is 4.39 Å². The molecule has 92 valence electrons.